The van der Waals surface area contributed by atoms with Crippen molar-refractivity contribution in [2.75, 3.05) is 0 Å². The zero-order chi connectivity index (χ0) is 17.6. The van der Waals surface area contributed by atoms with Gasteiger partial charge in [0.15, 0.2) is 0 Å². The van der Waals surface area contributed by atoms with Crippen LogP contribution in [0.4, 0.5) is 5.69 Å². The first-order chi connectivity index (χ1) is 12.2. The second kappa shape index (κ2) is 7.87. The molecule has 4 nitrogen and oxygen atoms in total. The fraction of sp³-hybridized carbons (Fsp3) is 0.100. The van der Waals surface area contributed by atoms with E-state index in [-0.39, 0.29) is 16.5 Å². The van der Waals surface area contributed by atoms with Crippen molar-refractivity contribution in [2.45, 2.75) is 12.0 Å². The van der Waals surface area contributed by atoms with Gasteiger partial charge in [-0.1, -0.05) is 72.8 Å². The minimum Gasteiger partial charge on any atom is -0.420 e. The lowest BCUT2D eigenvalue weighted by molar-refractivity contribution is -0.386. The molecule has 3 aromatic rings. The molecule has 3 rings (SSSR count). The Morgan fingerprint density at radius 1 is 0.800 bits per heavy atom. The third kappa shape index (κ3) is 3.68. The van der Waals surface area contributed by atoms with Crippen LogP contribution in [-0.2, 0) is 4.43 Å². The molecule has 0 N–H and O–H groups in total. The van der Waals surface area contributed by atoms with Gasteiger partial charge in [0, 0.05) is 12.0 Å². The molecule has 0 aliphatic carbocycles. The summed E-state index contributed by atoms with van der Waals surface area (Å²) in [4.78, 5) is 11.2. The van der Waals surface area contributed by atoms with E-state index in [4.69, 9.17) is 4.43 Å². The molecule has 0 aromatic heterocycles. The van der Waals surface area contributed by atoms with Crippen LogP contribution in [0.5, 0.6) is 0 Å². The first kappa shape index (κ1) is 17.1. The van der Waals surface area contributed by atoms with Gasteiger partial charge in [0.05, 0.1) is 16.6 Å². The highest BCUT2D eigenvalue weighted by molar-refractivity contribution is 5.98. The van der Waals surface area contributed by atoms with Crippen molar-refractivity contribution in [2.24, 2.45) is 0 Å². The number of nitro groups is 1. The molecule has 0 bridgehead atoms. The van der Waals surface area contributed by atoms with Gasteiger partial charge in [0.25, 0.3) is 5.69 Å². The maximum Gasteiger partial charge on any atom is 0.275 e. The van der Waals surface area contributed by atoms with Crippen LogP contribution in [0.25, 0.3) is 0 Å². The van der Waals surface area contributed by atoms with Gasteiger partial charge < -0.3 is 4.43 Å². The lowest BCUT2D eigenvalue weighted by Crippen LogP contribution is -2.16. The maximum absolute atomic E-state index is 11.5. The molecular formula is C20H19NO3Si. The largest absolute Gasteiger partial charge is 0.420 e. The van der Waals surface area contributed by atoms with Crippen LogP contribution in [0.15, 0.2) is 84.9 Å². The summed E-state index contributed by atoms with van der Waals surface area (Å²) in [6.45, 7) is 0. The molecular weight excluding hydrogens is 330 g/mol. The van der Waals surface area contributed by atoms with Gasteiger partial charge in [-0.2, -0.15) is 0 Å². The van der Waals surface area contributed by atoms with E-state index in [1.165, 1.54) is 6.07 Å². The van der Waals surface area contributed by atoms with Crippen molar-refractivity contribution < 1.29 is 9.35 Å². The van der Waals surface area contributed by atoms with Crippen LogP contribution in [0.3, 0.4) is 0 Å². The highest BCUT2D eigenvalue weighted by atomic mass is 28.2. The molecule has 0 aliphatic rings. The van der Waals surface area contributed by atoms with E-state index in [1.54, 1.807) is 12.1 Å². The van der Waals surface area contributed by atoms with E-state index in [0.717, 1.165) is 11.1 Å². The standard InChI is InChI=1S/C20H19NO3Si/c22-21(23)18-14-8-7-13-17(18)20(24-25)19(15-9-3-1-4-10-15)16-11-5-2-6-12-16/h1-14,19-20H,25H3. The molecule has 0 amide bonds. The lowest BCUT2D eigenvalue weighted by atomic mass is 9.83. The topological polar surface area (TPSA) is 52.4 Å². The Balaban J connectivity index is 2.16. The molecule has 0 fully saturated rings. The van der Waals surface area contributed by atoms with E-state index in [2.05, 4.69) is 0 Å². The first-order valence-corrected chi connectivity index (χ1v) is 8.90. The first-order valence-electron chi connectivity index (χ1n) is 8.08. The van der Waals surface area contributed by atoms with Crippen molar-refractivity contribution in [3.05, 3.63) is 112 Å². The molecule has 0 saturated carbocycles. The van der Waals surface area contributed by atoms with E-state index >= 15 is 0 Å². The van der Waals surface area contributed by atoms with E-state index in [1.807, 2.05) is 66.7 Å². The van der Waals surface area contributed by atoms with Crippen LogP contribution < -0.4 is 0 Å². The minimum atomic E-state index is -0.405. The molecule has 0 spiro atoms. The number of hydrogen-bond donors (Lipinski definition) is 0. The molecule has 0 heterocycles. The molecule has 3 aromatic carbocycles. The summed E-state index contributed by atoms with van der Waals surface area (Å²) in [5.41, 5.74) is 2.86. The third-order valence-electron chi connectivity index (χ3n) is 4.31. The van der Waals surface area contributed by atoms with Crippen LogP contribution in [0.2, 0.25) is 0 Å². The third-order valence-corrected chi connectivity index (χ3v) is 4.82. The molecule has 0 saturated heterocycles. The SMILES string of the molecule is O=[N+]([O-])c1ccccc1C(O[SiH3])C(c1ccccc1)c1ccccc1. The van der Waals surface area contributed by atoms with Crippen LogP contribution in [-0.4, -0.2) is 15.4 Å². The molecule has 1 unspecified atom stereocenters. The average Bonchev–Trinajstić information content (AvgIpc) is 2.67. The fourth-order valence-electron chi connectivity index (χ4n) is 3.20. The Hall–Kier alpha value is -2.76. The summed E-state index contributed by atoms with van der Waals surface area (Å²) in [6, 6.07) is 26.9. The Kier molecular flexibility index (Phi) is 5.38. The molecule has 25 heavy (non-hydrogen) atoms. The molecule has 126 valence electrons. The van der Waals surface area contributed by atoms with Crippen molar-refractivity contribution in [1.29, 1.82) is 0 Å². The van der Waals surface area contributed by atoms with Crippen LogP contribution in [0.1, 0.15) is 28.7 Å². The van der Waals surface area contributed by atoms with Crippen LogP contribution >= 0.6 is 0 Å². The van der Waals surface area contributed by atoms with Gasteiger partial charge in [-0.25, -0.2) is 0 Å². The quantitative estimate of drug-likeness (QED) is 0.387. The number of hydrogen-bond acceptors (Lipinski definition) is 3. The smallest absolute Gasteiger partial charge is 0.275 e. The summed E-state index contributed by atoms with van der Waals surface area (Å²) >= 11 is 0. The number of nitro benzene ring substituents is 1. The fourth-order valence-corrected chi connectivity index (χ4v) is 3.73. The molecule has 5 heteroatoms. The van der Waals surface area contributed by atoms with Gasteiger partial charge in [-0.05, 0) is 17.2 Å². The van der Waals surface area contributed by atoms with Crippen molar-refractivity contribution in [3.8, 4) is 0 Å². The van der Waals surface area contributed by atoms with E-state index in [9.17, 15) is 10.1 Å². The number of rotatable bonds is 6. The van der Waals surface area contributed by atoms with Crippen molar-refractivity contribution in [1.82, 2.24) is 0 Å². The van der Waals surface area contributed by atoms with Gasteiger partial charge in [0.2, 0.25) is 0 Å². The Labute approximate surface area is 149 Å². The average molecular weight is 349 g/mol. The minimum absolute atomic E-state index is 0.0974. The summed E-state index contributed by atoms with van der Waals surface area (Å²) in [5, 5.41) is 11.5. The van der Waals surface area contributed by atoms with Gasteiger partial charge in [-0.15, -0.1) is 0 Å². The lowest BCUT2D eigenvalue weighted by Gasteiger charge is -2.28. The highest BCUT2D eigenvalue weighted by Gasteiger charge is 2.30. The number of para-hydroxylation sites is 1. The summed E-state index contributed by atoms with van der Waals surface area (Å²) in [7, 11) is 0.478. The predicted molar refractivity (Wildman–Crippen MR) is 102 cm³/mol. The Morgan fingerprint density at radius 3 is 1.76 bits per heavy atom. The summed E-state index contributed by atoms with van der Waals surface area (Å²) in [5.74, 6) is -0.110. The molecule has 0 aliphatic heterocycles. The second-order valence-electron chi connectivity index (χ2n) is 5.77. The maximum atomic E-state index is 11.5. The van der Waals surface area contributed by atoms with Gasteiger partial charge >= 0.3 is 0 Å². The van der Waals surface area contributed by atoms with Gasteiger partial charge in [-0.3, -0.25) is 10.1 Å². The summed E-state index contributed by atoms with van der Waals surface area (Å²) < 4.78 is 5.93. The highest BCUT2D eigenvalue weighted by Crippen LogP contribution is 2.41. The molecule has 1 atom stereocenters. The number of nitrogens with zero attached hydrogens (tertiary/aromatic N) is 1. The summed E-state index contributed by atoms with van der Waals surface area (Å²) in [6.07, 6.45) is -0.405. The second-order valence-corrected chi connectivity index (χ2v) is 6.24. The van der Waals surface area contributed by atoms with Crippen molar-refractivity contribution >= 4 is 16.2 Å². The van der Waals surface area contributed by atoms with Gasteiger partial charge in [0.1, 0.15) is 10.5 Å². The van der Waals surface area contributed by atoms with E-state index in [0.29, 0.717) is 16.0 Å². The van der Waals surface area contributed by atoms with E-state index < -0.39 is 6.10 Å². The normalized spacial score (nSPS) is 12.2. The Bertz CT molecular complexity index is 800. The predicted octanol–water partition coefficient (Wildman–Crippen LogP) is 3.77. The van der Waals surface area contributed by atoms with Crippen molar-refractivity contribution in [3.63, 3.8) is 0 Å². The zero-order valence-corrected chi connectivity index (χ0v) is 15.9. The molecule has 0 radical (unpaired) electrons. The van der Waals surface area contributed by atoms with Crippen LogP contribution in [0, 0.1) is 10.1 Å². The zero-order valence-electron chi connectivity index (χ0n) is 13.9. The monoisotopic (exact) mass is 349 g/mol. The Morgan fingerprint density at radius 2 is 1.28 bits per heavy atom. The number of benzene rings is 3.